The van der Waals surface area contributed by atoms with Crippen molar-refractivity contribution in [3.05, 3.63) is 41.6 Å². The van der Waals surface area contributed by atoms with E-state index in [2.05, 4.69) is 42.4 Å². The first-order valence-corrected chi connectivity index (χ1v) is 7.24. The first kappa shape index (κ1) is 15.5. The molecule has 114 valence electrons. The SMILES string of the molecule is CCc1nnc(COc2cccc(CNC(C)(C)C)c2)o1. The molecule has 0 amide bonds. The number of aryl methyl sites for hydroxylation is 1. The first-order valence-electron chi connectivity index (χ1n) is 7.24. The highest BCUT2D eigenvalue weighted by Crippen LogP contribution is 2.15. The number of benzene rings is 1. The van der Waals surface area contributed by atoms with Crippen molar-refractivity contribution in [2.75, 3.05) is 0 Å². The van der Waals surface area contributed by atoms with Gasteiger partial charge in [0, 0.05) is 18.5 Å². The molecular weight excluding hydrogens is 266 g/mol. The van der Waals surface area contributed by atoms with E-state index in [1.165, 1.54) is 5.56 Å². The number of hydrogen-bond donors (Lipinski definition) is 1. The Kier molecular flexibility index (Phi) is 4.96. The Hall–Kier alpha value is -1.88. The maximum absolute atomic E-state index is 5.70. The molecule has 0 fully saturated rings. The molecule has 1 N–H and O–H groups in total. The summed E-state index contributed by atoms with van der Waals surface area (Å²) in [5, 5.41) is 11.3. The highest BCUT2D eigenvalue weighted by molar-refractivity contribution is 5.28. The second kappa shape index (κ2) is 6.72. The van der Waals surface area contributed by atoms with Crippen LogP contribution in [0.3, 0.4) is 0 Å². The smallest absolute Gasteiger partial charge is 0.253 e. The summed E-state index contributed by atoms with van der Waals surface area (Å²) in [4.78, 5) is 0. The van der Waals surface area contributed by atoms with Gasteiger partial charge in [0.2, 0.25) is 5.89 Å². The fourth-order valence-electron chi connectivity index (χ4n) is 1.75. The normalized spacial score (nSPS) is 11.6. The molecule has 0 saturated carbocycles. The third kappa shape index (κ3) is 5.19. The van der Waals surface area contributed by atoms with Crippen molar-refractivity contribution in [1.82, 2.24) is 15.5 Å². The molecule has 0 spiro atoms. The van der Waals surface area contributed by atoms with E-state index in [0.717, 1.165) is 18.7 Å². The summed E-state index contributed by atoms with van der Waals surface area (Å²) in [7, 11) is 0. The van der Waals surface area contributed by atoms with Gasteiger partial charge in [0.25, 0.3) is 5.89 Å². The van der Waals surface area contributed by atoms with Crippen LogP contribution in [0, 0.1) is 0 Å². The minimum Gasteiger partial charge on any atom is -0.484 e. The maximum atomic E-state index is 5.70. The van der Waals surface area contributed by atoms with Crippen molar-refractivity contribution >= 4 is 0 Å². The molecule has 0 radical (unpaired) electrons. The Morgan fingerprint density at radius 1 is 1.19 bits per heavy atom. The molecule has 0 aliphatic heterocycles. The molecule has 5 heteroatoms. The lowest BCUT2D eigenvalue weighted by Crippen LogP contribution is -2.35. The van der Waals surface area contributed by atoms with Gasteiger partial charge in [-0.3, -0.25) is 0 Å². The molecule has 5 nitrogen and oxygen atoms in total. The van der Waals surface area contributed by atoms with Gasteiger partial charge in [-0.1, -0.05) is 19.1 Å². The van der Waals surface area contributed by atoms with Crippen LogP contribution in [0.1, 0.15) is 45.0 Å². The van der Waals surface area contributed by atoms with Gasteiger partial charge in [0.1, 0.15) is 5.75 Å². The molecule has 0 aliphatic carbocycles. The van der Waals surface area contributed by atoms with E-state index in [1.54, 1.807) is 0 Å². The van der Waals surface area contributed by atoms with E-state index in [-0.39, 0.29) is 5.54 Å². The summed E-state index contributed by atoms with van der Waals surface area (Å²) in [6, 6.07) is 8.02. The lowest BCUT2D eigenvalue weighted by Gasteiger charge is -2.20. The van der Waals surface area contributed by atoms with Gasteiger partial charge in [0.15, 0.2) is 6.61 Å². The highest BCUT2D eigenvalue weighted by atomic mass is 16.5. The van der Waals surface area contributed by atoms with Crippen molar-refractivity contribution in [3.63, 3.8) is 0 Å². The van der Waals surface area contributed by atoms with Crippen molar-refractivity contribution in [2.24, 2.45) is 0 Å². The second-order valence-electron chi connectivity index (χ2n) is 5.98. The Bertz CT molecular complexity index is 573. The van der Waals surface area contributed by atoms with Gasteiger partial charge in [-0.25, -0.2) is 0 Å². The van der Waals surface area contributed by atoms with Crippen molar-refractivity contribution in [1.29, 1.82) is 0 Å². The van der Waals surface area contributed by atoms with E-state index in [9.17, 15) is 0 Å². The van der Waals surface area contributed by atoms with Gasteiger partial charge >= 0.3 is 0 Å². The summed E-state index contributed by atoms with van der Waals surface area (Å²) in [5.41, 5.74) is 1.28. The number of rotatable bonds is 6. The van der Waals surface area contributed by atoms with Crippen molar-refractivity contribution in [3.8, 4) is 5.75 Å². The molecule has 0 bridgehead atoms. The van der Waals surface area contributed by atoms with Crippen LogP contribution < -0.4 is 10.1 Å². The highest BCUT2D eigenvalue weighted by Gasteiger charge is 2.09. The summed E-state index contributed by atoms with van der Waals surface area (Å²) >= 11 is 0. The average Bonchev–Trinajstić information content (AvgIpc) is 2.91. The number of nitrogens with zero attached hydrogens (tertiary/aromatic N) is 2. The fraction of sp³-hybridized carbons (Fsp3) is 0.500. The minimum absolute atomic E-state index is 0.0944. The molecule has 0 atom stereocenters. The van der Waals surface area contributed by atoms with Crippen LogP contribution in [0.4, 0.5) is 0 Å². The molecule has 0 saturated heterocycles. The molecule has 0 aliphatic rings. The molecule has 1 heterocycles. The minimum atomic E-state index is 0.0944. The molecule has 21 heavy (non-hydrogen) atoms. The van der Waals surface area contributed by atoms with E-state index >= 15 is 0 Å². The Balaban J connectivity index is 1.91. The maximum Gasteiger partial charge on any atom is 0.253 e. The second-order valence-corrected chi connectivity index (χ2v) is 5.98. The number of aromatic nitrogens is 2. The van der Waals surface area contributed by atoms with Crippen LogP contribution >= 0.6 is 0 Å². The standard InChI is InChI=1S/C16H23N3O2/c1-5-14-18-19-15(21-14)11-20-13-8-6-7-12(9-13)10-17-16(2,3)4/h6-9,17H,5,10-11H2,1-4H3. The zero-order valence-corrected chi connectivity index (χ0v) is 13.1. The molecule has 1 aromatic heterocycles. The van der Waals surface area contributed by atoms with Gasteiger partial charge in [-0.2, -0.15) is 0 Å². The zero-order valence-electron chi connectivity index (χ0n) is 13.1. The van der Waals surface area contributed by atoms with E-state index in [0.29, 0.717) is 18.4 Å². The quantitative estimate of drug-likeness (QED) is 0.885. The Morgan fingerprint density at radius 2 is 1.95 bits per heavy atom. The van der Waals surface area contributed by atoms with Crippen LogP contribution in [-0.2, 0) is 19.6 Å². The third-order valence-electron chi connectivity index (χ3n) is 2.89. The van der Waals surface area contributed by atoms with Crippen LogP contribution in [0.15, 0.2) is 28.7 Å². The molecule has 0 unspecified atom stereocenters. The predicted molar refractivity (Wildman–Crippen MR) is 81.0 cm³/mol. The van der Waals surface area contributed by atoms with E-state index in [1.807, 2.05) is 25.1 Å². The number of hydrogen-bond acceptors (Lipinski definition) is 5. The summed E-state index contributed by atoms with van der Waals surface area (Å²) < 4.78 is 11.1. The van der Waals surface area contributed by atoms with Crippen LogP contribution in [-0.4, -0.2) is 15.7 Å². The van der Waals surface area contributed by atoms with E-state index < -0.39 is 0 Å². The average molecular weight is 289 g/mol. The molecule has 1 aromatic carbocycles. The molecule has 2 rings (SSSR count). The summed E-state index contributed by atoms with van der Waals surface area (Å²) in [6.07, 6.45) is 0.737. The van der Waals surface area contributed by atoms with Crippen LogP contribution in [0.25, 0.3) is 0 Å². The summed E-state index contributed by atoms with van der Waals surface area (Å²) in [6.45, 7) is 9.52. The first-order chi connectivity index (χ1) is 9.96. The largest absolute Gasteiger partial charge is 0.484 e. The van der Waals surface area contributed by atoms with Crippen molar-refractivity contribution < 1.29 is 9.15 Å². The van der Waals surface area contributed by atoms with E-state index in [4.69, 9.17) is 9.15 Å². The third-order valence-corrected chi connectivity index (χ3v) is 2.89. The summed E-state index contributed by atoms with van der Waals surface area (Å²) in [5.74, 6) is 1.95. The zero-order chi connectivity index (χ0) is 15.3. The predicted octanol–water partition coefficient (Wildman–Crippen LogP) is 3.10. The van der Waals surface area contributed by atoms with Crippen LogP contribution in [0.2, 0.25) is 0 Å². The topological polar surface area (TPSA) is 60.2 Å². The number of ether oxygens (including phenoxy) is 1. The van der Waals surface area contributed by atoms with Gasteiger partial charge in [-0.05, 0) is 38.5 Å². The van der Waals surface area contributed by atoms with Crippen molar-refractivity contribution in [2.45, 2.75) is 52.8 Å². The van der Waals surface area contributed by atoms with Gasteiger partial charge < -0.3 is 14.5 Å². The van der Waals surface area contributed by atoms with Gasteiger partial charge in [-0.15, -0.1) is 10.2 Å². The van der Waals surface area contributed by atoms with Crippen LogP contribution in [0.5, 0.6) is 5.75 Å². The Morgan fingerprint density at radius 3 is 2.62 bits per heavy atom. The van der Waals surface area contributed by atoms with Gasteiger partial charge in [0.05, 0.1) is 0 Å². The lowest BCUT2D eigenvalue weighted by molar-refractivity contribution is 0.259. The number of nitrogens with one attached hydrogen (secondary N) is 1. The fourth-order valence-corrected chi connectivity index (χ4v) is 1.75. The molecule has 2 aromatic rings. The lowest BCUT2D eigenvalue weighted by atomic mass is 10.1. The monoisotopic (exact) mass is 289 g/mol. The molecular formula is C16H23N3O2. The Labute approximate surface area is 125 Å².